The molecule has 1 unspecified atom stereocenters. The van der Waals surface area contributed by atoms with Gasteiger partial charge in [0, 0.05) is 23.0 Å². The summed E-state index contributed by atoms with van der Waals surface area (Å²) >= 11 is 3.68. The van der Waals surface area contributed by atoms with E-state index in [9.17, 15) is 0 Å². The second kappa shape index (κ2) is 7.01. The van der Waals surface area contributed by atoms with E-state index in [1.165, 1.54) is 29.3 Å². The molecule has 1 saturated heterocycles. The molecule has 1 saturated carbocycles. The Bertz CT molecular complexity index is 536. The molecule has 22 heavy (non-hydrogen) atoms. The summed E-state index contributed by atoms with van der Waals surface area (Å²) in [4.78, 5) is 4.60. The standard InChI is InChI=1S/C17H24BrN3O/c18-15-7-2-1-6-14(15)17(8-4-9-17)12-21-16(19)20-11-13-5-3-10-22-13/h1-2,6-7,13H,3-5,8-12H2,(H3,19,20,21). The highest BCUT2D eigenvalue weighted by atomic mass is 79.9. The zero-order chi connectivity index (χ0) is 15.4. The Morgan fingerprint density at radius 3 is 2.82 bits per heavy atom. The third kappa shape index (κ3) is 3.46. The van der Waals surface area contributed by atoms with Crippen LogP contribution in [0.15, 0.2) is 33.7 Å². The number of ether oxygens (including phenoxy) is 1. The van der Waals surface area contributed by atoms with Gasteiger partial charge < -0.3 is 15.8 Å². The first-order valence-corrected chi connectivity index (χ1v) is 8.89. The maximum absolute atomic E-state index is 6.03. The van der Waals surface area contributed by atoms with Crippen LogP contribution in [0.3, 0.4) is 0 Å². The molecule has 0 spiro atoms. The third-order valence-electron chi connectivity index (χ3n) is 4.84. The fraction of sp³-hybridized carbons (Fsp3) is 0.588. The lowest BCUT2D eigenvalue weighted by Gasteiger charge is -2.42. The molecule has 120 valence electrons. The molecule has 0 amide bonds. The Hall–Kier alpha value is -1.07. The van der Waals surface area contributed by atoms with Gasteiger partial charge in [-0.15, -0.1) is 0 Å². The molecule has 1 aliphatic heterocycles. The number of nitrogens with zero attached hydrogens (tertiary/aromatic N) is 1. The van der Waals surface area contributed by atoms with Gasteiger partial charge in [0.15, 0.2) is 5.96 Å². The number of aliphatic imine (C=N–C) groups is 1. The highest BCUT2D eigenvalue weighted by Gasteiger charge is 2.39. The molecule has 0 radical (unpaired) electrons. The SMILES string of the molecule is NC(=NCC1(c2ccccc2Br)CCC1)NCC1CCCO1. The smallest absolute Gasteiger partial charge is 0.188 e. The molecule has 3 rings (SSSR count). The Morgan fingerprint density at radius 2 is 2.18 bits per heavy atom. The van der Waals surface area contributed by atoms with Crippen LogP contribution >= 0.6 is 15.9 Å². The summed E-state index contributed by atoms with van der Waals surface area (Å²) in [6.45, 7) is 2.38. The zero-order valence-corrected chi connectivity index (χ0v) is 14.4. The molecule has 5 heteroatoms. The predicted octanol–water partition coefficient (Wildman–Crippen LogP) is 2.95. The average Bonchev–Trinajstić information content (AvgIpc) is 2.99. The molecule has 4 nitrogen and oxygen atoms in total. The Kier molecular flexibility index (Phi) is 5.03. The maximum Gasteiger partial charge on any atom is 0.188 e. The van der Waals surface area contributed by atoms with Crippen molar-refractivity contribution in [2.45, 2.75) is 43.6 Å². The third-order valence-corrected chi connectivity index (χ3v) is 5.53. The second-order valence-electron chi connectivity index (χ2n) is 6.33. The number of benzene rings is 1. The zero-order valence-electron chi connectivity index (χ0n) is 12.9. The minimum atomic E-state index is 0.149. The van der Waals surface area contributed by atoms with Crippen molar-refractivity contribution in [1.82, 2.24) is 5.32 Å². The summed E-state index contributed by atoms with van der Waals surface area (Å²) in [6.07, 6.45) is 6.17. The van der Waals surface area contributed by atoms with Crippen LogP contribution in [0.1, 0.15) is 37.7 Å². The number of halogens is 1. The number of hydrogen-bond donors (Lipinski definition) is 2. The first kappa shape index (κ1) is 15.8. The van der Waals surface area contributed by atoms with Crippen molar-refractivity contribution in [3.05, 3.63) is 34.3 Å². The van der Waals surface area contributed by atoms with Crippen LogP contribution in [-0.2, 0) is 10.2 Å². The van der Waals surface area contributed by atoms with Crippen molar-refractivity contribution in [1.29, 1.82) is 0 Å². The number of guanidine groups is 1. The van der Waals surface area contributed by atoms with Crippen molar-refractivity contribution in [2.24, 2.45) is 10.7 Å². The van der Waals surface area contributed by atoms with E-state index < -0.39 is 0 Å². The summed E-state index contributed by atoms with van der Waals surface area (Å²) < 4.78 is 6.76. The number of rotatable bonds is 5. The van der Waals surface area contributed by atoms with E-state index in [0.717, 1.165) is 32.5 Å². The molecule has 1 aliphatic carbocycles. The summed E-state index contributed by atoms with van der Waals surface area (Å²) in [5.74, 6) is 0.536. The average molecular weight is 366 g/mol. The van der Waals surface area contributed by atoms with Crippen LogP contribution in [0.5, 0.6) is 0 Å². The van der Waals surface area contributed by atoms with Crippen molar-refractivity contribution in [3.63, 3.8) is 0 Å². The van der Waals surface area contributed by atoms with Gasteiger partial charge in [-0.05, 0) is 37.3 Å². The van der Waals surface area contributed by atoms with Gasteiger partial charge in [-0.2, -0.15) is 0 Å². The minimum Gasteiger partial charge on any atom is -0.376 e. The van der Waals surface area contributed by atoms with Crippen molar-refractivity contribution in [3.8, 4) is 0 Å². The van der Waals surface area contributed by atoms with Gasteiger partial charge in [-0.25, -0.2) is 0 Å². The number of hydrogen-bond acceptors (Lipinski definition) is 2. The summed E-state index contributed by atoms with van der Waals surface area (Å²) in [7, 11) is 0. The van der Waals surface area contributed by atoms with Crippen molar-refractivity contribution < 1.29 is 4.74 Å². The molecule has 1 heterocycles. The molecule has 0 aromatic heterocycles. The van der Waals surface area contributed by atoms with E-state index in [1.54, 1.807) is 0 Å². The van der Waals surface area contributed by atoms with Gasteiger partial charge in [0.2, 0.25) is 0 Å². The first-order chi connectivity index (χ1) is 10.7. The van der Waals surface area contributed by atoms with E-state index >= 15 is 0 Å². The topological polar surface area (TPSA) is 59.6 Å². The lowest BCUT2D eigenvalue weighted by molar-refractivity contribution is 0.114. The predicted molar refractivity (Wildman–Crippen MR) is 93.1 cm³/mol. The largest absolute Gasteiger partial charge is 0.376 e. The van der Waals surface area contributed by atoms with Gasteiger partial charge in [0.1, 0.15) is 0 Å². The van der Waals surface area contributed by atoms with E-state index in [0.29, 0.717) is 5.96 Å². The van der Waals surface area contributed by atoms with Crippen LogP contribution in [0, 0.1) is 0 Å². The van der Waals surface area contributed by atoms with Gasteiger partial charge in [0.05, 0.1) is 12.6 Å². The molecule has 0 bridgehead atoms. The Labute approximate surface area is 140 Å². The van der Waals surface area contributed by atoms with Gasteiger partial charge in [-0.1, -0.05) is 40.5 Å². The van der Waals surface area contributed by atoms with Gasteiger partial charge in [-0.3, -0.25) is 4.99 Å². The van der Waals surface area contributed by atoms with Crippen molar-refractivity contribution >= 4 is 21.9 Å². The molecule has 1 atom stereocenters. The molecule has 2 fully saturated rings. The number of nitrogens with two attached hydrogens (primary N) is 1. The van der Waals surface area contributed by atoms with E-state index in [1.807, 2.05) is 0 Å². The summed E-state index contributed by atoms with van der Waals surface area (Å²) in [6, 6.07) is 8.47. The fourth-order valence-corrected chi connectivity index (χ4v) is 4.03. The van der Waals surface area contributed by atoms with Crippen LogP contribution < -0.4 is 11.1 Å². The Balaban J connectivity index is 1.60. The Morgan fingerprint density at radius 1 is 1.36 bits per heavy atom. The van der Waals surface area contributed by atoms with Crippen LogP contribution in [-0.4, -0.2) is 31.8 Å². The molecule has 1 aromatic rings. The van der Waals surface area contributed by atoms with E-state index in [-0.39, 0.29) is 11.5 Å². The monoisotopic (exact) mass is 365 g/mol. The lowest BCUT2D eigenvalue weighted by atomic mass is 9.64. The van der Waals surface area contributed by atoms with Crippen molar-refractivity contribution in [2.75, 3.05) is 19.7 Å². The minimum absolute atomic E-state index is 0.149. The lowest BCUT2D eigenvalue weighted by Crippen LogP contribution is -2.41. The summed E-state index contributed by atoms with van der Waals surface area (Å²) in [5.41, 5.74) is 7.53. The fourth-order valence-electron chi connectivity index (χ4n) is 3.32. The second-order valence-corrected chi connectivity index (χ2v) is 7.19. The molecule has 1 aromatic carbocycles. The normalized spacial score (nSPS) is 24.0. The van der Waals surface area contributed by atoms with E-state index in [4.69, 9.17) is 10.5 Å². The van der Waals surface area contributed by atoms with E-state index in [2.05, 4.69) is 50.5 Å². The molecular formula is C17H24BrN3O. The number of nitrogens with one attached hydrogen (secondary N) is 1. The first-order valence-electron chi connectivity index (χ1n) is 8.10. The van der Waals surface area contributed by atoms with Crippen LogP contribution in [0.4, 0.5) is 0 Å². The molecule has 3 N–H and O–H groups in total. The summed E-state index contributed by atoms with van der Waals surface area (Å²) in [5, 5.41) is 3.20. The maximum atomic E-state index is 6.03. The molecular weight excluding hydrogens is 342 g/mol. The highest BCUT2D eigenvalue weighted by molar-refractivity contribution is 9.10. The quantitative estimate of drug-likeness (QED) is 0.622. The van der Waals surface area contributed by atoms with Gasteiger partial charge >= 0.3 is 0 Å². The molecule has 2 aliphatic rings. The van der Waals surface area contributed by atoms with Gasteiger partial charge in [0.25, 0.3) is 0 Å². The van der Waals surface area contributed by atoms with Crippen LogP contribution in [0.2, 0.25) is 0 Å². The van der Waals surface area contributed by atoms with Crippen LogP contribution in [0.25, 0.3) is 0 Å². The highest BCUT2D eigenvalue weighted by Crippen LogP contribution is 2.46.